The van der Waals surface area contributed by atoms with Crippen molar-refractivity contribution in [2.75, 3.05) is 12.8 Å². The second kappa shape index (κ2) is 7.35. The Hall–Kier alpha value is -0.700. The second-order valence-corrected chi connectivity index (χ2v) is 7.01. The molecule has 2 heterocycles. The fraction of sp³-hybridized carbons (Fsp3) is 0.706. The molecule has 0 spiro atoms. The predicted octanol–water partition coefficient (Wildman–Crippen LogP) is 4.98. The summed E-state index contributed by atoms with van der Waals surface area (Å²) in [6, 6.07) is 0.456. The Kier molecular flexibility index (Phi) is 5.76. The number of rotatable bonds is 6. The largest absolute Gasteiger partial charge is 0.357 e. The van der Waals surface area contributed by atoms with Gasteiger partial charge in [0.1, 0.15) is 5.84 Å². The van der Waals surface area contributed by atoms with Crippen molar-refractivity contribution < 1.29 is 0 Å². The van der Waals surface area contributed by atoms with Gasteiger partial charge in [-0.3, -0.25) is 0 Å². The zero-order valence-corrected chi connectivity index (χ0v) is 14.2. The van der Waals surface area contributed by atoms with Gasteiger partial charge in [0.05, 0.1) is 5.70 Å². The zero-order chi connectivity index (χ0) is 14.5. The van der Waals surface area contributed by atoms with E-state index in [2.05, 4.69) is 38.8 Å². The molecule has 0 aromatic carbocycles. The van der Waals surface area contributed by atoms with Crippen molar-refractivity contribution in [2.24, 2.45) is 4.99 Å². The smallest absolute Gasteiger partial charge is 0.102 e. The summed E-state index contributed by atoms with van der Waals surface area (Å²) in [6.07, 6.45) is 10.3. The van der Waals surface area contributed by atoms with Crippen molar-refractivity contribution in [3.8, 4) is 0 Å². The van der Waals surface area contributed by atoms with E-state index in [1.54, 1.807) is 5.57 Å². The summed E-state index contributed by atoms with van der Waals surface area (Å²) >= 11 is 2.01. The molecule has 0 amide bonds. The Morgan fingerprint density at radius 2 is 2.15 bits per heavy atom. The number of hydrogen-bond acceptors (Lipinski definition) is 3. The first-order valence-electron chi connectivity index (χ1n) is 7.98. The lowest BCUT2D eigenvalue weighted by atomic mass is 10.0. The topological polar surface area (TPSA) is 15.6 Å². The molecule has 0 saturated heterocycles. The third-order valence-corrected chi connectivity index (χ3v) is 5.53. The summed E-state index contributed by atoms with van der Waals surface area (Å²) in [5.74, 6) is 2.38. The molecule has 0 bridgehead atoms. The molecule has 0 fully saturated rings. The fourth-order valence-electron chi connectivity index (χ4n) is 2.80. The van der Waals surface area contributed by atoms with E-state index in [1.807, 2.05) is 11.8 Å². The summed E-state index contributed by atoms with van der Waals surface area (Å²) < 4.78 is 0. The molecule has 112 valence electrons. The standard InChI is InChI=1S/C17H28N2S/c1-5-6-7-8-9-15-10-11-20-17(15)16-12-13(2)19(4)14(3)18-16/h12-13H,5-11H2,1-4H3. The van der Waals surface area contributed by atoms with Crippen LogP contribution < -0.4 is 0 Å². The van der Waals surface area contributed by atoms with E-state index in [0.717, 1.165) is 5.84 Å². The summed E-state index contributed by atoms with van der Waals surface area (Å²) in [6.45, 7) is 6.64. The molecule has 0 saturated carbocycles. The Morgan fingerprint density at radius 3 is 2.85 bits per heavy atom. The van der Waals surface area contributed by atoms with Gasteiger partial charge in [-0.2, -0.15) is 0 Å². The van der Waals surface area contributed by atoms with Crippen molar-refractivity contribution in [3.63, 3.8) is 0 Å². The molecule has 2 aliphatic heterocycles. The van der Waals surface area contributed by atoms with Crippen molar-refractivity contribution >= 4 is 17.6 Å². The van der Waals surface area contributed by atoms with Crippen LogP contribution >= 0.6 is 11.8 Å². The average molecular weight is 292 g/mol. The predicted molar refractivity (Wildman–Crippen MR) is 91.3 cm³/mol. The lowest BCUT2D eigenvalue weighted by Crippen LogP contribution is -2.34. The number of aliphatic imine (C=N–C) groups is 1. The molecule has 1 unspecified atom stereocenters. The van der Waals surface area contributed by atoms with Gasteiger partial charge in [0.2, 0.25) is 0 Å². The maximum absolute atomic E-state index is 4.82. The first kappa shape index (κ1) is 15.7. The van der Waals surface area contributed by atoms with E-state index < -0.39 is 0 Å². The van der Waals surface area contributed by atoms with E-state index >= 15 is 0 Å². The highest BCUT2D eigenvalue weighted by Crippen LogP contribution is 2.40. The van der Waals surface area contributed by atoms with Crippen molar-refractivity contribution in [2.45, 2.75) is 65.3 Å². The highest BCUT2D eigenvalue weighted by Gasteiger charge is 2.23. The van der Waals surface area contributed by atoms with E-state index in [0.29, 0.717) is 6.04 Å². The lowest BCUT2D eigenvalue weighted by molar-refractivity contribution is 0.441. The molecule has 2 nitrogen and oxygen atoms in total. The van der Waals surface area contributed by atoms with Crippen LogP contribution in [0.1, 0.15) is 59.3 Å². The van der Waals surface area contributed by atoms with E-state index in [9.17, 15) is 0 Å². The molecule has 0 aromatic rings. The highest BCUT2D eigenvalue weighted by molar-refractivity contribution is 8.03. The lowest BCUT2D eigenvalue weighted by Gasteiger charge is -2.29. The van der Waals surface area contributed by atoms with Gasteiger partial charge in [-0.15, -0.1) is 11.8 Å². The van der Waals surface area contributed by atoms with Crippen molar-refractivity contribution in [1.29, 1.82) is 0 Å². The van der Waals surface area contributed by atoms with Crippen LogP contribution in [0.2, 0.25) is 0 Å². The summed E-state index contributed by atoms with van der Waals surface area (Å²) in [5.41, 5.74) is 2.90. The van der Waals surface area contributed by atoms with Crippen LogP contribution in [0.3, 0.4) is 0 Å². The van der Waals surface area contributed by atoms with Gasteiger partial charge >= 0.3 is 0 Å². The number of hydrogen-bond donors (Lipinski definition) is 0. The van der Waals surface area contributed by atoms with Gasteiger partial charge in [0.15, 0.2) is 0 Å². The van der Waals surface area contributed by atoms with Crippen LogP contribution in [0.15, 0.2) is 27.2 Å². The minimum absolute atomic E-state index is 0.456. The van der Waals surface area contributed by atoms with Gasteiger partial charge in [0, 0.05) is 23.7 Å². The molecule has 3 heteroatoms. The molecule has 1 atom stereocenters. The van der Waals surface area contributed by atoms with Gasteiger partial charge in [-0.25, -0.2) is 4.99 Å². The SMILES string of the molecule is CCCCCCC1=C(C2=CC(C)N(C)C(C)=N2)SCC1. The number of likely N-dealkylation sites (N-methyl/N-ethyl adjacent to an activating group) is 1. The quantitative estimate of drug-likeness (QED) is 0.641. The zero-order valence-electron chi connectivity index (χ0n) is 13.4. The second-order valence-electron chi connectivity index (χ2n) is 5.90. The number of thioether (sulfide) groups is 1. The minimum atomic E-state index is 0.456. The molecule has 2 rings (SSSR count). The van der Waals surface area contributed by atoms with Crippen LogP contribution in [0.4, 0.5) is 0 Å². The normalized spacial score (nSPS) is 23.2. The molecule has 0 N–H and O–H groups in total. The third-order valence-electron chi connectivity index (χ3n) is 4.34. The highest BCUT2D eigenvalue weighted by atomic mass is 32.2. The number of nitrogens with zero attached hydrogens (tertiary/aromatic N) is 2. The van der Waals surface area contributed by atoms with Crippen LogP contribution in [0, 0.1) is 0 Å². The molecule has 0 aromatic heterocycles. The number of amidine groups is 1. The Bertz CT molecular complexity index is 434. The van der Waals surface area contributed by atoms with Crippen molar-refractivity contribution in [1.82, 2.24) is 4.90 Å². The molecule has 0 aliphatic carbocycles. The Labute approximate surface area is 128 Å². The molecular formula is C17H28N2S. The van der Waals surface area contributed by atoms with E-state index in [4.69, 9.17) is 4.99 Å². The molecule has 2 aliphatic rings. The fourth-order valence-corrected chi connectivity index (χ4v) is 4.02. The van der Waals surface area contributed by atoms with Crippen LogP contribution in [0.25, 0.3) is 0 Å². The monoisotopic (exact) mass is 292 g/mol. The maximum Gasteiger partial charge on any atom is 0.102 e. The van der Waals surface area contributed by atoms with Gasteiger partial charge in [0.25, 0.3) is 0 Å². The van der Waals surface area contributed by atoms with Crippen LogP contribution in [-0.4, -0.2) is 29.6 Å². The minimum Gasteiger partial charge on any atom is -0.357 e. The maximum atomic E-state index is 4.82. The van der Waals surface area contributed by atoms with E-state index in [1.165, 1.54) is 54.9 Å². The van der Waals surface area contributed by atoms with Crippen molar-refractivity contribution in [3.05, 3.63) is 22.3 Å². The average Bonchev–Trinajstić information content (AvgIpc) is 2.89. The van der Waals surface area contributed by atoms with Gasteiger partial charge in [-0.1, -0.05) is 31.8 Å². The van der Waals surface area contributed by atoms with E-state index in [-0.39, 0.29) is 0 Å². The van der Waals surface area contributed by atoms with Crippen LogP contribution in [-0.2, 0) is 0 Å². The molecule has 0 radical (unpaired) electrons. The molecular weight excluding hydrogens is 264 g/mol. The third kappa shape index (κ3) is 3.69. The summed E-state index contributed by atoms with van der Waals surface area (Å²) in [7, 11) is 2.12. The van der Waals surface area contributed by atoms with Crippen LogP contribution in [0.5, 0.6) is 0 Å². The number of unbranched alkanes of at least 4 members (excludes halogenated alkanes) is 3. The van der Waals surface area contributed by atoms with Gasteiger partial charge < -0.3 is 4.90 Å². The summed E-state index contributed by atoms with van der Waals surface area (Å²) in [4.78, 5) is 8.54. The first-order valence-corrected chi connectivity index (χ1v) is 8.97. The Morgan fingerprint density at radius 1 is 1.35 bits per heavy atom. The summed E-state index contributed by atoms with van der Waals surface area (Å²) in [5, 5.41) is 0. The Balaban J connectivity index is 2.07. The van der Waals surface area contributed by atoms with Gasteiger partial charge in [-0.05, 0) is 39.2 Å². The number of allylic oxidation sites excluding steroid dienone is 1. The first-order chi connectivity index (χ1) is 9.63. The molecule has 20 heavy (non-hydrogen) atoms.